The number of benzene rings is 1. The molecule has 3 aromatic rings. The molecule has 1 saturated heterocycles. The topological polar surface area (TPSA) is 157 Å². The Bertz CT molecular complexity index is 1010. The van der Waals surface area contributed by atoms with Crippen LogP contribution in [0.25, 0.3) is 11.2 Å². The van der Waals surface area contributed by atoms with Crippen molar-refractivity contribution in [2.45, 2.75) is 31.0 Å². The number of aromatic nitrogens is 4. The summed E-state index contributed by atoms with van der Waals surface area (Å²) in [4.78, 5) is 23.1. The van der Waals surface area contributed by atoms with E-state index in [1.54, 1.807) is 12.1 Å². The van der Waals surface area contributed by atoms with E-state index in [0.717, 1.165) is 5.56 Å². The number of nitrogens with zero attached hydrogens (tertiary/aromatic N) is 5. The summed E-state index contributed by atoms with van der Waals surface area (Å²) in [5, 5.41) is 40.2. The van der Waals surface area contributed by atoms with Crippen molar-refractivity contribution in [1.29, 1.82) is 0 Å². The average molecular weight is 387 g/mol. The maximum Gasteiger partial charge on any atom is 0.269 e. The highest BCUT2D eigenvalue weighted by molar-refractivity contribution is 5.73. The number of non-ortho nitro benzene ring substituents is 1. The predicted molar refractivity (Wildman–Crippen MR) is 94.2 cm³/mol. The summed E-state index contributed by atoms with van der Waals surface area (Å²) in [6.45, 7) is -0.429. The highest BCUT2D eigenvalue weighted by Gasteiger charge is 2.44. The average Bonchev–Trinajstić information content (AvgIpc) is 3.24. The van der Waals surface area contributed by atoms with Crippen LogP contribution in [0.3, 0.4) is 0 Å². The minimum Gasteiger partial charge on any atom is -0.394 e. The second-order valence-corrected chi connectivity index (χ2v) is 6.47. The molecule has 28 heavy (non-hydrogen) atoms. The van der Waals surface area contributed by atoms with Gasteiger partial charge in [0.25, 0.3) is 5.69 Å². The second-order valence-electron chi connectivity index (χ2n) is 6.47. The van der Waals surface area contributed by atoms with E-state index in [-0.39, 0.29) is 5.69 Å². The number of fused-ring (bicyclic) bond motifs is 1. The van der Waals surface area contributed by atoms with Gasteiger partial charge in [0.2, 0.25) is 0 Å². The summed E-state index contributed by atoms with van der Waals surface area (Å²) in [7, 11) is 0. The van der Waals surface area contributed by atoms with Crippen molar-refractivity contribution in [3.63, 3.8) is 0 Å². The number of nitro groups is 1. The zero-order valence-corrected chi connectivity index (χ0v) is 14.5. The molecule has 4 unspecified atom stereocenters. The van der Waals surface area contributed by atoms with Crippen LogP contribution in [0.2, 0.25) is 0 Å². The number of hydrogen-bond acceptors (Lipinski definition) is 9. The minimum absolute atomic E-state index is 0.00484. The Kier molecular flexibility index (Phi) is 4.73. The first-order valence-corrected chi connectivity index (χ1v) is 8.51. The Morgan fingerprint density at radius 3 is 2.54 bits per heavy atom. The summed E-state index contributed by atoms with van der Waals surface area (Å²) in [5.41, 5.74) is 2.31. The molecular weight excluding hydrogens is 370 g/mol. The van der Waals surface area contributed by atoms with Crippen LogP contribution >= 0.6 is 0 Å². The molecule has 4 atom stereocenters. The van der Waals surface area contributed by atoms with Gasteiger partial charge in [-0.2, -0.15) is 0 Å². The van der Waals surface area contributed by atoms with Crippen molar-refractivity contribution in [2.24, 2.45) is 0 Å². The quantitative estimate of drug-likeness (QED) is 0.403. The predicted octanol–water partition coefficient (Wildman–Crippen LogP) is -0.0632. The molecule has 0 radical (unpaired) electrons. The summed E-state index contributed by atoms with van der Waals surface area (Å²) in [6.07, 6.45) is -1.17. The van der Waals surface area contributed by atoms with Crippen LogP contribution in [-0.4, -0.2) is 64.7 Å². The molecule has 0 aliphatic carbocycles. The van der Waals surface area contributed by atoms with E-state index in [4.69, 9.17) is 4.74 Å². The maximum absolute atomic E-state index is 10.8. The van der Waals surface area contributed by atoms with Crippen molar-refractivity contribution in [2.75, 3.05) is 6.61 Å². The fraction of sp³-hybridized carbons (Fsp3) is 0.353. The van der Waals surface area contributed by atoms with E-state index >= 15 is 0 Å². The van der Waals surface area contributed by atoms with Crippen LogP contribution in [0.4, 0.5) is 5.69 Å². The first kappa shape index (κ1) is 18.4. The molecule has 1 aliphatic rings. The Hall–Kier alpha value is -2.99. The minimum atomic E-state index is -1.25. The fourth-order valence-corrected chi connectivity index (χ4v) is 3.25. The molecule has 11 heteroatoms. The zero-order valence-electron chi connectivity index (χ0n) is 14.5. The van der Waals surface area contributed by atoms with E-state index in [2.05, 4.69) is 15.0 Å². The lowest BCUT2D eigenvalue weighted by Gasteiger charge is -2.16. The van der Waals surface area contributed by atoms with Gasteiger partial charge in [0.15, 0.2) is 11.9 Å². The molecule has 1 aliphatic heterocycles. The van der Waals surface area contributed by atoms with Crippen LogP contribution in [-0.2, 0) is 11.2 Å². The van der Waals surface area contributed by atoms with Crippen LogP contribution in [0.15, 0.2) is 36.9 Å². The fourth-order valence-electron chi connectivity index (χ4n) is 3.25. The Balaban J connectivity index is 1.65. The third-order valence-corrected chi connectivity index (χ3v) is 4.74. The lowest BCUT2D eigenvalue weighted by Crippen LogP contribution is -2.33. The van der Waals surface area contributed by atoms with E-state index < -0.39 is 36.1 Å². The van der Waals surface area contributed by atoms with Crippen LogP contribution < -0.4 is 0 Å². The van der Waals surface area contributed by atoms with Gasteiger partial charge in [0.1, 0.15) is 30.2 Å². The first-order chi connectivity index (χ1) is 13.5. The van der Waals surface area contributed by atoms with Crippen molar-refractivity contribution in [3.05, 3.63) is 58.3 Å². The number of hydrogen-bond donors (Lipinski definition) is 3. The number of imidazole rings is 1. The molecule has 0 bridgehead atoms. The zero-order chi connectivity index (χ0) is 19.8. The molecule has 4 rings (SSSR count). The van der Waals surface area contributed by atoms with Gasteiger partial charge in [-0.25, -0.2) is 15.0 Å². The van der Waals surface area contributed by atoms with Gasteiger partial charge >= 0.3 is 0 Å². The normalized spacial score (nSPS) is 24.7. The van der Waals surface area contributed by atoms with Crippen molar-refractivity contribution in [1.82, 2.24) is 19.5 Å². The summed E-state index contributed by atoms with van der Waals surface area (Å²) in [5.74, 6) is 0. The van der Waals surface area contributed by atoms with Gasteiger partial charge in [-0.3, -0.25) is 14.7 Å². The molecule has 3 N–H and O–H groups in total. The number of nitro benzene ring substituents is 1. The molecule has 11 nitrogen and oxygen atoms in total. The van der Waals surface area contributed by atoms with Gasteiger partial charge in [-0.15, -0.1) is 0 Å². The molecule has 3 heterocycles. The lowest BCUT2D eigenvalue weighted by atomic mass is 10.1. The van der Waals surface area contributed by atoms with Crippen molar-refractivity contribution < 1.29 is 25.0 Å². The van der Waals surface area contributed by atoms with Crippen molar-refractivity contribution >= 4 is 16.9 Å². The molecule has 1 fully saturated rings. The SMILES string of the molecule is O=[N+]([O-])c1ccc(Cc2ncnc3c2ncn3C2OC(CO)C(O)C2O)cc1. The van der Waals surface area contributed by atoms with Gasteiger partial charge in [-0.1, -0.05) is 12.1 Å². The highest BCUT2D eigenvalue weighted by atomic mass is 16.6. The van der Waals surface area contributed by atoms with Gasteiger partial charge in [0.05, 0.1) is 23.6 Å². The maximum atomic E-state index is 10.8. The molecule has 2 aromatic heterocycles. The molecule has 1 aromatic carbocycles. The Morgan fingerprint density at radius 2 is 1.89 bits per heavy atom. The monoisotopic (exact) mass is 387 g/mol. The number of aliphatic hydroxyl groups excluding tert-OH is 3. The third-order valence-electron chi connectivity index (χ3n) is 4.74. The second kappa shape index (κ2) is 7.20. The van der Waals surface area contributed by atoms with E-state index in [9.17, 15) is 25.4 Å². The van der Waals surface area contributed by atoms with Crippen molar-refractivity contribution in [3.8, 4) is 0 Å². The number of ether oxygens (including phenoxy) is 1. The van der Waals surface area contributed by atoms with E-state index in [1.807, 2.05) is 0 Å². The molecule has 146 valence electrons. The summed E-state index contributed by atoms with van der Waals surface area (Å²) in [6, 6.07) is 6.14. The molecule has 0 saturated carbocycles. The van der Waals surface area contributed by atoms with Gasteiger partial charge in [0, 0.05) is 18.6 Å². The molecule has 0 spiro atoms. The lowest BCUT2D eigenvalue weighted by molar-refractivity contribution is -0.384. The smallest absolute Gasteiger partial charge is 0.269 e. The first-order valence-electron chi connectivity index (χ1n) is 8.51. The standard InChI is InChI=1S/C17H17N5O6/c23-6-12-14(24)15(25)17(28-12)21-8-20-13-11(18-7-19-16(13)21)5-9-1-3-10(4-2-9)22(26)27/h1-4,7-8,12,14-15,17,23-25H,5-6H2. The van der Waals surface area contributed by atoms with Gasteiger partial charge in [-0.05, 0) is 5.56 Å². The Morgan fingerprint density at radius 1 is 1.14 bits per heavy atom. The number of aliphatic hydroxyl groups is 3. The molecule has 0 amide bonds. The number of rotatable bonds is 5. The summed E-state index contributed by atoms with van der Waals surface area (Å²) < 4.78 is 7.02. The highest BCUT2D eigenvalue weighted by Crippen LogP contribution is 2.31. The van der Waals surface area contributed by atoms with Crippen LogP contribution in [0.1, 0.15) is 17.5 Å². The van der Waals surface area contributed by atoms with Crippen LogP contribution in [0.5, 0.6) is 0 Å². The van der Waals surface area contributed by atoms with Gasteiger partial charge < -0.3 is 20.1 Å². The largest absolute Gasteiger partial charge is 0.394 e. The van der Waals surface area contributed by atoms with E-state index in [0.29, 0.717) is 23.3 Å². The van der Waals surface area contributed by atoms with E-state index in [1.165, 1.54) is 29.4 Å². The Labute approximate surface area is 158 Å². The summed E-state index contributed by atoms with van der Waals surface area (Å²) >= 11 is 0. The third kappa shape index (κ3) is 3.10. The molecular formula is C17H17N5O6. The van der Waals surface area contributed by atoms with Crippen LogP contribution in [0, 0.1) is 10.1 Å².